The first-order chi connectivity index (χ1) is 35.5. The van der Waals surface area contributed by atoms with Crippen molar-refractivity contribution in [1.29, 1.82) is 0 Å². The second-order valence-corrected chi connectivity index (χ2v) is 18.1. The average Bonchev–Trinajstić information content (AvgIpc) is 4.09. The molecule has 3 N–H and O–H groups in total. The molecular formula is C50H41ClF18N6O2. The summed E-state index contributed by atoms with van der Waals surface area (Å²) in [6.07, 6.45) is -31.8. The van der Waals surface area contributed by atoms with Crippen LogP contribution in [0.3, 0.4) is 0 Å². The van der Waals surface area contributed by atoms with Gasteiger partial charge in [0.1, 0.15) is 21.8 Å². The molecule has 6 aromatic rings. The molecule has 2 atom stereocenters. The summed E-state index contributed by atoms with van der Waals surface area (Å²) in [4.78, 5) is 32.8. The molecule has 2 amide bonds. The van der Waals surface area contributed by atoms with Crippen LogP contribution in [0.1, 0.15) is 72.9 Å². The van der Waals surface area contributed by atoms with Gasteiger partial charge >= 0.3 is 37.1 Å². The zero-order valence-electron chi connectivity index (χ0n) is 39.7. The van der Waals surface area contributed by atoms with E-state index in [1.54, 1.807) is 31.2 Å². The van der Waals surface area contributed by atoms with E-state index in [1.165, 1.54) is 17.0 Å². The first-order valence-electron chi connectivity index (χ1n) is 22.8. The van der Waals surface area contributed by atoms with Gasteiger partial charge in [-0.1, -0.05) is 37.6 Å². The van der Waals surface area contributed by atoms with Crippen molar-refractivity contribution >= 4 is 62.4 Å². The van der Waals surface area contributed by atoms with Gasteiger partial charge in [0.05, 0.1) is 44.7 Å². The standard InChI is InChI=1S/C25H20F9N3O.C13H10F9N.C12H11ClN2O/c1-2-21(38)36-19-5-3-4-18-17(19)6-7-20(35-18)37-9-8-22(13-37,25(32,33)34)14-10-15(23(26,27)28)12-16(11-14)24(29,30)31;14-11(15,16)8-3-7(4-9(5-8)12(17,18)19)10(13(20,21)22)1-2-23-6-10;1-2-12(16)15-10-5-3-4-9-8(10)6-7-11(13)14-9/h3-7,10-12H,2,8-9,13H2,1H3,(H,36,38);3-5,23H,1-2,6H2;3-7H,2H2,1H3,(H,15,16). The Hall–Kier alpha value is -6.57. The van der Waals surface area contributed by atoms with Crippen LogP contribution >= 0.6 is 11.6 Å². The number of halogens is 19. The van der Waals surface area contributed by atoms with E-state index in [1.807, 2.05) is 31.2 Å². The second-order valence-electron chi connectivity index (χ2n) is 17.7. The minimum absolute atomic E-state index is 0.0116. The van der Waals surface area contributed by atoms with Crippen molar-refractivity contribution in [3.05, 3.63) is 136 Å². The summed E-state index contributed by atoms with van der Waals surface area (Å²) in [5.74, 6) is -0.219. The number of aromatic nitrogens is 2. The van der Waals surface area contributed by atoms with Crippen LogP contribution < -0.4 is 20.9 Å². The van der Waals surface area contributed by atoms with Crippen LogP contribution in [0.4, 0.5) is 96.2 Å². The van der Waals surface area contributed by atoms with E-state index in [9.17, 15) is 88.6 Å². The van der Waals surface area contributed by atoms with E-state index in [2.05, 4.69) is 25.9 Å². The van der Waals surface area contributed by atoms with Gasteiger partial charge in [0.25, 0.3) is 0 Å². The Morgan fingerprint density at radius 3 is 1.36 bits per heavy atom. The van der Waals surface area contributed by atoms with Crippen molar-refractivity contribution in [1.82, 2.24) is 15.3 Å². The number of pyridine rings is 2. The maximum Gasteiger partial charge on any atom is 0.416 e. The predicted octanol–water partition coefficient (Wildman–Crippen LogP) is 15.1. The molecule has 0 spiro atoms. The molecule has 4 aromatic carbocycles. The number of benzene rings is 4. The lowest BCUT2D eigenvalue weighted by atomic mass is 9.77. The summed E-state index contributed by atoms with van der Waals surface area (Å²) < 4.78 is 240. The van der Waals surface area contributed by atoms with Gasteiger partial charge in [-0.25, -0.2) is 9.97 Å². The van der Waals surface area contributed by atoms with Gasteiger partial charge in [-0.3, -0.25) is 9.59 Å². The van der Waals surface area contributed by atoms with Crippen LogP contribution in [0.15, 0.2) is 97.1 Å². The minimum Gasteiger partial charge on any atom is -0.355 e. The van der Waals surface area contributed by atoms with E-state index < -0.39 is 107 Å². The van der Waals surface area contributed by atoms with E-state index in [4.69, 9.17) is 11.6 Å². The van der Waals surface area contributed by atoms with Crippen LogP contribution in [-0.4, -0.2) is 60.3 Å². The zero-order chi connectivity index (χ0) is 57.3. The molecule has 77 heavy (non-hydrogen) atoms. The predicted molar refractivity (Wildman–Crippen MR) is 249 cm³/mol. The van der Waals surface area contributed by atoms with Gasteiger partial charge in [-0.05, 0) is 115 Å². The summed E-state index contributed by atoms with van der Waals surface area (Å²) in [7, 11) is 0. The van der Waals surface area contributed by atoms with Crippen LogP contribution in [-0.2, 0) is 45.1 Å². The largest absolute Gasteiger partial charge is 0.416 e. The van der Waals surface area contributed by atoms with Crippen LogP contribution in [0.25, 0.3) is 21.8 Å². The van der Waals surface area contributed by atoms with Crippen LogP contribution in [0, 0.1) is 0 Å². The van der Waals surface area contributed by atoms with Crippen LogP contribution in [0.2, 0.25) is 5.15 Å². The molecule has 2 fully saturated rings. The average molecular weight is 1140 g/mol. The Bertz CT molecular complexity index is 3050. The smallest absolute Gasteiger partial charge is 0.355 e. The van der Waals surface area contributed by atoms with Crippen molar-refractivity contribution in [2.75, 3.05) is 41.7 Å². The number of fused-ring (bicyclic) bond motifs is 2. The maximum absolute atomic E-state index is 14.5. The number of hydrogen-bond donors (Lipinski definition) is 3. The van der Waals surface area contributed by atoms with Crippen molar-refractivity contribution < 1.29 is 88.6 Å². The Morgan fingerprint density at radius 2 is 0.974 bits per heavy atom. The fraction of sp³-hybridized carbons (Fsp3) is 0.360. The quantitative estimate of drug-likeness (QED) is 0.109. The fourth-order valence-electron chi connectivity index (χ4n) is 8.59. The van der Waals surface area contributed by atoms with Crippen molar-refractivity contribution in [2.24, 2.45) is 0 Å². The normalized spacial score (nSPS) is 18.4. The van der Waals surface area contributed by atoms with Gasteiger partial charge in [-0.2, -0.15) is 79.0 Å². The van der Waals surface area contributed by atoms with Crippen molar-refractivity contribution in [3.8, 4) is 0 Å². The highest BCUT2D eigenvalue weighted by atomic mass is 35.5. The Kier molecular flexibility index (Phi) is 17.1. The molecule has 416 valence electrons. The van der Waals surface area contributed by atoms with Gasteiger partial charge in [-0.15, -0.1) is 0 Å². The monoisotopic (exact) mass is 1130 g/mol. The molecule has 0 radical (unpaired) electrons. The van der Waals surface area contributed by atoms with E-state index in [-0.39, 0.29) is 73.5 Å². The molecule has 8 rings (SSSR count). The molecule has 0 aliphatic carbocycles. The zero-order valence-corrected chi connectivity index (χ0v) is 40.5. The molecule has 0 saturated carbocycles. The summed E-state index contributed by atoms with van der Waals surface area (Å²) >= 11 is 5.81. The summed E-state index contributed by atoms with van der Waals surface area (Å²) in [5, 5.41) is 9.73. The molecule has 0 bridgehead atoms. The molecular weight excluding hydrogens is 1090 g/mol. The van der Waals surface area contributed by atoms with E-state index in [0.717, 1.165) is 16.6 Å². The lowest BCUT2D eigenvalue weighted by Gasteiger charge is -2.33. The van der Waals surface area contributed by atoms with Gasteiger partial charge in [0, 0.05) is 43.2 Å². The SMILES string of the molecule is CCC(=O)Nc1cccc2nc(Cl)ccc12.CCC(=O)Nc1cccc2nc(N3CCC(c4cc(C(F)(F)F)cc(C(F)(F)F)c4)(C(F)(F)F)C3)ccc12.FC(F)(F)c1cc(C(F)(F)F)cc(C2(C(F)(F)F)CCNC2)c1. The molecule has 2 aliphatic heterocycles. The topological polar surface area (TPSA) is 99.2 Å². The van der Waals surface area contributed by atoms with E-state index >= 15 is 0 Å². The third kappa shape index (κ3) is 13.4. The van der Waals surface area contributed by atoms with Crippen LogP contribution in [0.5, 0.6) is 0 Å². The van der Waals surface area contributed by atoms with Crippen molar-refractivity contribution in [2.45, 2.75) is 87.4 Å². The number of hydrogen-bond acceptors (Lipinski definition) is 6. The summed E-state index contributed by atoms with van der Waals surface area (Å²) in [5.41, 5.74) is -12.7. The lowest BCUT2D eigenvalue weighted by molar-refractivity contribution is -0.186. The molecule has 2 saturated heterocycles. The number of rotatable bonds is 7. The van der Waals surface area contributed by atoms with Gasteiger partial charge in [0.2, 0.25) is 11.8 Å². The highest BCUT2D eigenvalue weighted by Gasteiger charge is 2.61. The second kappa shape index (κ2) is 22.0. The summed E-state index contributed by atoms with van der Waals surface area (Å²) in [6.45, 7) is 1.29. The number of carbonyl (C=O) groups is 2. The van der Waals surface area contributed by atoms with Gasteiger partial charge in [0.15, 0.2) is 0 Å². The third-order valence-electron chi connectivity index (χ3n) is 12.7. The Morgan fingerprint density at radius 1 is 0.558 bits per heavy atom. The highest BCUT2D eigenvalue weighted by Crippen LogP contribution is 2.52. The molecule has 8 nitrogen and oxygen atoms in total. The molecule has 27 heteroatoms. The number of carbonyl (C=O) groups excluding carboxylic acids is 2. The molecule has 2 aromatic heterocycles. The number of alkyl halides is 18. The highest BCUT2D eigenvalue weighted by molar-refractivity contribution is 6.29. The maximum atomic E-state index is 14.5. The molecule has 2 unspecified atom stereocenters. The lowest BCUT2D eigenvalue weighted by Crippen LogP contribution is -2.45. The Balaban J connectivity index is 0.000000208. The number of nitrogens with one attached hydrogen (secondary N) is 3. The number of nitrogens with zero attached hydrogens (tertiary/aromatic N) is 3. The first-order valence-corrected chi connectivity index (χ1v) is 23.1. The van der Waals surface area contributed by atoms with Crippen molar-refractivity contribution in [3.63, 3.8) is 0 Å². The third-order valence-corrected chi connectivity index (χ3v) is 12.9. The molecule has 2 aliphatic rings. The minimum atomic E-state index is -5.29. The fourth-order valence-corrected chi connectivity index (χ4v) is 8.74. The summed E-state index contributed by atoms with van der Waals surface area (Å²) in [6, 6.07) is 17.0. The number of amides is 2. The number of anilines is 3. The Labute approximate surface area is 430 Å². The van der Waals surface area contributed by atoms with E-state index in [0.29, 0.717) is 28.2 Å². The first kappa shape index (κ1) is 59.7. The van der Waals surface area contributed by atoms with Gasteiger partial charge < -0.3 is 20.9 Å². The molecule has 4 heterocycles.